The van der Waals surface area contributed by atoms with Gasteiger partial charge in [0.2, 0.25) is 0 Å². The first-order valence-corrected chi connectivity index (χ1v) is 32.3. The van der Waals surface area contributed by atoms with E-state index in [4.69, 9.17) is 0 Å². The molecule has 2 aliphatic heterocycles. The molecule has 88 heavy (non-hydrogen) atoms. The Labute approximate surface area is 524 Å². The Hall–Kier alpha value is -8.96. The van der Waals surface area contributed by atoms with E-state index in [0.717, 1.165) is 0 Å². The van der Waals surface area contributed by atoms with E-state index in [1.807, 2.05) is 11.3 Å². The van der Waals surface area contributed by atoms with Crippen molar-refractivity contribution < 1.29 is 0 Å². The van der Waals surface area contributed by atoms with Gasteiger partial charge in [-0.3, -0.25) is 0 Å². The predicted octanol–water partition coefficient (Wildman–Crippen LogP) is 22.3. The zero-order valence-corrected chi connectivity index (χ0v) is 53.7. The predicted molar refractivity (Wildman–Crippen MR) is 385 cm³/mol. The number of hydrogen-bond donors (Lipinski definition) is 0. The second-order valence-corrected chi connectivity index (χ2v) is 30.0. The molecule has 430 valence electrons. The van der Waals surface area contributed by atoms with Crippen LogP contribution in [-0.4, -0.2) is 6.71 Å². The third-order valence-corrected chi connectivity index (χ3v) is 20.3. The fourth-order valence-electron chi connectivity index (χ4n) is 14.2. The van der Waals surface area contributed by atoms with E-state index >= 15 is 0 Å². The monoisotopic (exact) mass is 1150 g/mol. The molecule has 0 bridgehead atoms. The molecule has 0 atom stereocenters. The molecule has 1 aromatic heterocycles. The smallest absolute Gasteiger partial charge is 0.264 e. The summed E-state index contributed by atoms with van der Waals surface area (Å²) in [7, 11) is 0. The largest absolute Gasteiger partial charge is 0.310 e. The van der Waals surface area contributed by atoms with Gasteiger partial charge in [0, 0.05) is 48.6 Å². The van der Waals surface area contributed by atoms with Crippen LogP contribution in [0.15, 0.2) is 237 Å². The summed E-state index contributed by atoms with van der Waals surface area (Å²) in [5.74, 6) is 0. The van der Waals surface area contributed by atoms with E-state index in [1.165, 1.54) is 159 Å². The van der Waals surface area contributed by atoms with Crippen molar-refractivity contribution in [3.8, 4) is 44.5 Å². The zero-order chi connectivity index (χ0) is 60.8. The molecule has 0 spiro atoms. The molecule has 0 unspecified atom stereocenters. The number of rotatable bonds is 6. The minimum absolute atomic E-state index is 0.0351. The van der Waals surface area contributed by atoms with Crippen LogP contribution in [0, 0.1) is 0 Å². The van der Waals surface area contributed by atoms with E-state index in [9.17, 15) is 0 Å². The van der Waals surface area contributed by atoms with Gasteiger partial charge in [-0.1, -0.05) is 259 Å². The van der Waals surface area contributed by atoms with Crippen LogP contribution in [0.25, 0.3) is 86.9 Å². The number of benzene rings is 12. The molecule has 4 heteroatoms. The summed E-state index contributed by atoms with van der Waals surface area (Å²) < 4.78 is 2.65. The number of anilines is 6. The summed E-state index contributed by atoms with van der Waals surface area (Å²) in [6.45, 7) is 28.0. The first kappa shape index (κ1) is 55.6. The first-order valence-electron chi connectivity index (χ1n) is 31.5. The summed E-state index contributed by atoms with van der Waals surface area (Å²) in [6.07, 6.45) is 0. The summed E-state index contributed by atoms with van der Waals surface area (Å²) in [4.78, 5) is 5.38. The standard InChI is InChI=1S/C84H75BN2S/c1-81(2,3)57-38-34-52(35-39-57)55-37-43-73-71(47-55)85-77-74(32-23-33-75(77)87(73)78-67(53-24-15-13-16-25-53)50-60(84(10,11)12)51-68(78)54-26-17-14-18-27-54)86(79-70-49-59(83(7,8)9)41-45-76(70)88-80(79)85)72-44-40-58(82(4,5)6)48-66(72)56-36-42-65-63-30-20-19-28-61(63)62-29-21-22-31-64(62)69(65)46-56/h13-51H,1-12H3. The van der Waals surface area contributed by atoms with Gasteiger partial charge in [0.15, 0.2) is 0 Å². The van der Waals surface area contributed by atoms with E-state index in [2.05, 4.69) is 329 Å². The Balaban J connectivity index is 1.07. The third-order valence-electron chi connectivity index (χ3n) is 19.1. The van der Waals surface area contributed by atoms with E-state index in [-0.39, 0.29) is 28.4 Å². The third kappa shape index (κ3) is 9.12. The van der Waals surface area contributed by atoms with Crippen LogP contribution in [0.5, 0.6) is 0 Å². The van der Waals surface area contributed by atoms with Gasteiger partial charge in [-0.25, -0.2) is 0 Å². The number of fused-ring (bicyclic) bond motifs is 12. The van der Waals surface area contributed by atoms with Crippen molar-refractivity contribution in [3.63, 3.8) is 0 Å². The maximum absolute atomic E-state index is 2.71. The molecule has 3 heterocycles. The highest BCUT2D eigenvalue weighted by molar-refractivity contribution is 7.33. The normalized spacial score (nSPS) is 13.4. The second kappa shape index (κ2) is 20.3. The molecule has 12 aromatic carbocycles. The lowest BCUT2D eigenvalue weighted by Crippen LogP contribution is -2.60. The topological polar surface area (TPSA) is 6.48 Å². The summed E-state index contributed by atoms with van der Waals surface area (Å²) in [5.41, 5.74) is 24.4. The quantitative estimate of drug-likeness (QED) is 0.121. The van der Waals surface area contributed by atoms with Crippen molar-refractivity contribution in [3.05, 3.63) is 259 Å². The van der Waals surface area contributed by atoms with Crippen LogP contribution in [0.4, 0.5) is 34.1 Å². The molecule has 2 nitrogen and oxygen atoms in total. The van der Waals surface area contributed by atoms with Gasteiger partial charge in [0.25, 0.3) is 6.71 Å². The Morgan fingerprint density at radius 2 is 0.739 bits per heavy atom. The van der Waals surface area contributed by atoms with Gasteiger partial charge in [-0.2, -0.15) is 0 Å². The van der Waals surface area contributed by atoms with Crippen LogP contribution >= 0.6 is 11.3 Å². The lowest BCUT2D eigenvalue weighted by Gasteiger charge is -2.44. The van der Waals surface area contributed by atoms with E-state index in [0.29, 0.717) is 0 Å². The van der Waals surface area contributed by atoms with Crippen LogP contribution in [0.1, 0.15) is 105 Å². The van der Waals surface area contributed by atoms with Crippen LogP contribution in [0.3, 0.4) is 0 Å². The molecular weight excluding hydrogens is 1080 g/mol. The Morgan fingerprint density at radius 3 is 1.31 bits per heavy atom. The highest BCUT2D eigenvalue weighted by Crippen LogP contribution is 2.55. The minimum atomic E-state index is -0.128. The highest BCUT2D eigenvalue weighted by atomic mass is 32.1. The number of thiophene rings is 1. The molecular formula is C84H75BN2S. The minimum Gasteiger partial charge on any atom is -0.310 e. The summed E-state index contributed by atoms with van der Waals surface area (Å²) >= 11 is 1.98. The molecule has 0 saturated carbocycles. The Kier molecular flexibility index (Phi) is 12.8. The fourth-order valence-corrected chi connectivity index (χ4v) is 15.5. The van der Waals surface area contributed by atoms with Gasteiger partial charge in [-0.05, 0) is 176 Å². The van der Waals surface area contributed by atoms with Gasteiger partial charge in [0.1, 0.15) is 0 Å². The second-order valence-electron chi connectivity index (χ2n) is 28.9. The van der Waals surface area contributed by atoms with Crippen LogP contribution in [-0.2, 0) is 21.7 Å². The summed E-state index contributed by atoms with van der Waals surface area (Å²) in [6, 6.07) is 91.2. The maximum Gasteiger partial charge on any atom is 0.264 e. The van der Waals surface area contributed by atoms with Crippen molar-refractivity contribution in [2.75, 3.05) is 9.80 Å². The van der Waals surface area contributed by atoms with Crippen molar-refractivity contribution in [2.24, 2.45) is 0 Å². The fraction of sp³-hybridized carbons (Fsp3) is 0.190. The average Bonchev–Trinajstić information content (AvgIpc) is 1.23. The zero-order valence-electron chi connectivity index (χ0n) is 52.9. The maximum atomic E-state index is 2.71. The molecule has 2 aliphatic rings. The van der Waals surface area contributed by atoms with Gasteiger partial charge >= 0.3 is 0 Å². The Bertz CT molecular complexity index is 4850. The summed E-state index contributed by atoms with van der Waals surface area (Å²) in [5, 5.41) is 8.95. The van der Waals surface area contributed by atoms with E-state index < -0.39 is 0 Å². The van der Waals surface area contributed by atoms with Gasteiger partial charge in [-0.15, -0.1) is 11.3 Å². The van der Waals surface area contributed by atoms with Gasteiger partial charge < -0.3 is 9.80 Å². The SMILES string of the molecule is CC(C)(C)c1ccc(-c2ccc3c(c2)B2c4sc5ccc(C(C)(C)C)cc5c4N(c4ccc(C(C)(C)C)cc4-c4ccc5c6ccccc6c6ccccc6c5c4)c4cccc(c42)N3c2c(-c3ccccc3)cc(C(C)(C)C)cc2-c2ccccc2)cc1. The molecule has 15 rings (SSSR count). The van der Waals surface area contributed by atoms with E-state index in [1.54, 1.807) is 0 Å². The molecule has 0 N–H and O–H groups in total. The number of nitrogens with zero attached hydrogens (tertiary/aromatic N) is 2. The van der Waals surface area contributed by atoms with Crippen molar-refractivity contribution in [2.45, 2.75) is 105 Å². The first-order chi connectivity index (χ1) is 42.2. The molecule has 0 fully saturated rings. The van der Waals surface area contributed by atoms with Gasteiger partial charge in [0.05, 0.1) is 17.1 Å². The average molecular weight is 1160 g/mol. The Morgan fingerprint density at radius 1 is 0.284 bits per heavy atom. The van der Waals surface area contributed by atoms with Crippen molar-refractivity contribution in [1.82, 2.24) is 0 Å². The molecule has 0 radical (unpaired) electrons. The van der Waals surface area contributed by atoms with Crippen LogP contribution < -0.4 is 25.5 Å². The van der Waals surface area contributed by atoms with Crippen LogP contribution in [0.2, 0.25) is 0 Å². The lowest BCUT2D eigenvalue weighted by molar-refractivity contribution is 0.590. The highest BCUT2D eigenvalue weighted by Gasteiger charge is 2.47. The molecule has 13 aromatic rings. The lowest BCUT2D eigenvalue weighted by atomic mass is 9.36. The van der Waals surface area contributed by atoms with Crippen molar-refractivity contribution >= 4 is 110 Å². The number of hydrogen-bond acceptors (Lipinski definition) is 3. The molecule has 0 aliphatic carbocycles. The molecule has 0 amide bonds. The molecule has 0 saturated heterocycles. The van der Waals surface area contributed by atoms with Crippen molar-refractivity contribution in [1.29, 1.82) is 0 Å².